The monoisotopic (exact) mass is 242 g/mol. The van der Waals surface area contributed by atoms with Crippen molar-refractivity contribution < 1.29 is 18.9 Å². The summed E-state index contributed by atoms with van der Waals surface area (Å²) < 4.78 is 21.5. The third kappa shape index (κ3) is 2.50. The molecular weight excluding hydrogens is 220 g/mol. The van der Waals surface area contributed by atoms with Gasteiger partial charge in [0.25, 0.3) is 0 Å². The van der Waals surface area contributed by atoms with Crippen molar-refractivity contribution in [3.8, 4) is 0 Å². The van der Waals surface area contributed by atoms with Gasteiger partial charge < -0.3 is 18.9 Å². The van der Waals surface area contributed by atoms with Crippen LogP contribution in [0.15, 0.2) is 0 Å². The summed E-state index contributed by atoms with van der Waals surface area (Å²) in [6.07, 6.45) is 7.15. The van der Waals surface area contributed by atoms with E-state index in [1.54, 1.807) is 14.2 Å². The summed E-state index contributed by atoms with van der Waals surface area (Å²) >= 11 is 0. The molecule has 3 fully saturated rings. The van der Waals surface area contributed by atoms with E-state index in [0.717, 1.165) is 12.3 Å². The number of rotatable bonds is 5. The van der Waals surface area contributed by atoms with E-state index in [4.69, 9.17) is 18.9 Å². The van der Waals surface area contributed by atoms with Crippen molar-refractivity contribution in [2.24, 2.45) is 11.8 Å². The molecule has 0 aromatic heterocycles. The molecule has 0 amide bonds. The van der Waals surface area contributed by atoms with Crippen LogP contribution >= 0.6 is 0 Å². The summed E-state index contributed by atoms with van der Waals surface area (Å²) in [7, 11) is 3.45. The summed E-state index contributed by atoms with van der Waals surface area (Å²) in [5, 5.41) is 0. The molecule has 0 spiro atoms. The van der Waals surface area contributed by atoms with Crippen LogP contribution in [-0.4, -0.2) is 39.0 Å². The first-order valence-electron chi connectivity index (χ1n) is 6.70. The van der Waals surface area contributed by atoms with Gasteiger partial charge in [0.05, 0.1) is 0 Å². The Balaban J connectivity index is 1.53. The van der Waals surface area contributed by atoms with E-state index in [0.29, 0.717) is 18.1 Å². The SMILES string of the molecule is COC1OC1CC1CCCCC1C1OC1OC. The molecule has 1 saturated carbocycles. The lowest BCUT2D eigenvalue weighted by Gasteiger charge is -2.30. The molecular formula is C13H22O4. The minimum absolute atomic E-state index is 0.0518. The normalized spacial score (nSPS) is 49.1. The zero-order valence-corrected chi connectivity index (χ0v) is 10.6. The Morgan fingerprint density at radius 1 is 1.00 bits per heavy atom. The molecule has 3 aliphatic rings. The van der Waals surface area contributed by atoms with Gasteiger partial charge in [-0.25, -0.2) is 0 Å². The maximum atomic E-state index is 5.60. The first-order valence-corrected chi connectivity index (χ1v) is 6.70. The third-order valence-electron chi connectivity index (χ3n) is 4.41. The summed E-state index contributed by atoms with van der Waals surface area (Å²) in [5.74, 6) is 1.38. The molecule has 0 aromatic carbocycles. The Morgan fingerprint density at radius 3 is 2.41 bits per heavy atom. The highest BCUT2D eigenvalue weighted by molar-refractivity contribution is 4.93. The Labute approximate surface area is 103 Å². The predicted molar refractivity (Wildman–Crippen MR) is 61.4 cm³/mol. The fourth-order valence-corrected chi connectivity index (χ4v) is 3.36. The van der Waals surface area contributed by atoms with Gasteiger partial charge in [-0.3, -0.25) is 0 Å². The molecule has 6 atom stereocenters. The second-order valence-corrected chi connectivity index (χ2v) is 5.43. The van der Waals surface area contributed by atoms with E-state index in [1.165, 1.54) is 25.7 Å². The van der Waals surface area contributed by atoms with Crippen LogP contribution in [0.25, 0.3) is 0 Å². The van der Waals surface area contributed by atoms with E-state index in [2.05, 4.69) is 0 Å². The smallest absolute Gasteiger partial charge is 0.184 e. The largest absolute Gasteiger partial charge is 0.353 e. The molecule has 17 heavy (non-hydrogen) atoms. The van der Waals surface area contributed by atoms with E-state index < -0.39 is 0 Å². The number of ether oxygens (including phenoxy) is 4. The van der Waals surface area contributed by atoms with Crippen LogP contribution in [0.2, 0.25) is 0 Å². The lowest BCUT2D eigenvalue weighted by Crippen LogP contribution is -2.27. The Hall–Kier alpha value is -0.160. The third-order valence-corrected chi connectivity index (χ3v) is 4.41. The van der Waals surface area contributed by atoms with Gasteiger partial charge in [-0.2, -0.15) is 0 Å². The molecule has 0 bridgehead atoms. The minimum atomic E-state index is 0.0518. The molecule has 2 saturated heterocycles. The fraction of sp³-hybridized carbons (Fsp3) is 1.00. The number of hydrogen-bond acceptors (Lipinski definition) is 4. The highest BCUT2D eigenvalue weighted by Gasteiger charge is 2.51. The maximum Gasteiger partial charge on any atom is 0.184 e. The molecule has 2 heterocycles. The average molecular weight is 242 g/mol. The summed E-state index contributed by atoms with van der Waals surface area (Å²) in [6, 6.07) is 0. The van der Waals surface area contributed by atoms with Crippen molar-refractivity contribution in [1.82, 2.24) is 0 Å². The van der Waals surface area contributed by atoms with Crippen molar-refractivity contribution in [3.05, 3.63) is 0 Å². The van der Waals surface area contributed by atoms with Crippen LogP contribution in [0.5, 0.6) is 0 Å². The van der Waals surface area contributed by atoms with Gasteiger partial charge in [0.2, 0.25) is 0 Å². The highest BCUT2D eigenvalue weighted by Crippen LogP contribution is 2.45. The van der Waals surface area contributed by atoms with E-state index >= 15 is 0 Å². The molecule has 0 N–H and O–H groups in total. The van der Waals surface area contributed by atoms with Crippen molar-refractivity contribution >= 4 is 0 Å². The standard InChI is InChI=1S/C13H22O4/c1-14-12-10(16-12)7-8-5-3-4-6-9(8)11-13(15-2)17-11/h8-13H,3-7H2,1-2H3. The quantitative estimate of drug-likeness (QED) is 0.691. The van der Waals surface area contributed by atoms with Crippen LogP contribution in [0.3, 0.4) is 0 Å². The van der Waals surface area contributed by atoms with Crippen LogP contribution < -0.4 is 0 Å². The second kappa shape index (κ2) is 4.84. The molecule has 98 valence electrons. The molecule has 3 rings (SSSR count). The molecule has 0 radical (unpaired) electrons. The Kier molecular flexibility index (Phi) is 3.39. The number of epoxide rings is 2. The van der Waals surface area contributed by atoms with Gasteiger partial charge >= 0.3 is 0 Å². The van der Waals surface area contributed by atoms with Crippen LogP contribution in [0.1, 0.15) is 32.1 Å². The van der Waals surface area contributed by atoms with Gasteiger partial charge in [-0.15, -0.1) is 0 Å². The van der Waals surface area contributed by atoms with Crippen LogP contribution in [0, 0.1) is 11.8 Å². The minimum Gasteiger partial charge on any atom is -0.353 e. The molecule has 4 nitrogen and oxygen atoms in total. The lowest BCUT2D eigenvalue weighted by atomic mass is 9.75. The van der Waals surface area contributed by atoms with Crippen molar-refractivity contribution in [2.75, 3.05) is 14.2 Å². The lowest BCUT2D eigenvalue weighted by molar-refractivity contribution is 0.0948. The van der Waals surface area contributed by atoms with E-state index in [9.17, 15) is 0 Å². The number of methoxy groups -OCH3 is 2. The Bertz CT molecular complexity index is 270. The van der Waals surface area contributed by atoms with Gasteiger partial charge in [-0.1, -0.05) is 12.8 Å². The van der Waals surface area contributed by atoms with Gasteiger partial charge in [-0.05, 0) is 31.1 Å². The second-order valence-electron chi connectivity index (χ2n) is 5.43. The zero-order chi connectivity index (χ0) is 11.8. The van der Waals surface area contributed by atoms with Gasteiger partial charge in [0.15, 0.2) is 12.6 Å². The van der Waals surface area contributed by atoms with Crippen LogP contribution in [-0.2, 0) is 18.9 Å². The molecule has 4 heteroatoms. The first-order chi connectivity index (χ1) is 8.33. The zero-order valence-electron chi connectivity index (χ0n) is 10.6. The average Bonchev–Trinajstić information content (AvgIpc) is 3.24. The summed E-state index contributed by atoms with van der Waals surface area (Å²) in [6.45, 7) is 0. The van der Waals surface area contributed by atoms with Crippen molar-refractivity contribution in [3.63, 3.8) is 0 Å². The van der Waals surface area contributed by atoms with Crippen LogP contribution in [0.4, 0.5) is 0 Å². The molecule has 1 aliphatic carbocycles. The fourth-order valence-electron chi connectivity index (χ4n) is 3.36. The summed E-state index contributed by atoms with van der Waals surface area (Å²) in [5.41, 5.74) is 0. The molecule has 0 aromatic rings. The molecule has 6 unspecified atom stereocenters. The summed E-state index contributed by atoms with van der Waals surface area (Å²) in [4.78, 5) is 0. The Morgan fingerprint density at radius 2 is 1.76 bits per heavy atom. The van der Waals surface area contributed by atoms with Gasteiger partial charge in [0, 0.05) is 14.2 Å². The predicted octanol–water partition coefficient (Wildman–Crippen LogP) is 1.93. The van der Waals surface area contributed by atoms with E-state index in [-0.39, 0.29) is 12.6 Å². The van der Waals surface area contributed by atoms with Crippen molar-refractivity contribution in [2.45, 2.75) is 56.9 Å². The number of hydrogen-bond donors (Lipinski definition) is 0. The molecule has 2 aliphatic heterocycles. The first kappa shape index (κ1) is 11.9. The maximum absolute atomic E-state index is 5.60. The van der Waals surface area contributed by atoms with Gasteiger partial charge in [0.1, 0.15) is 12.2 Å². The van der Waals surface area contributed by atoms with Crippen molar-refractivity contribution in [1.29, 1.82) is 0 Å². The highest BCUT2D eigenvalue weighted by atomic mass is 16.8. The topological polar surface area (TPSA) is 43.5 Å². The van der Waals surface area contributed by atoms with E-state index in [1.807, 2.05) is 0 Å².